The Bertz CT molecular complexity index is 566. The molecule has 2 amide bonds. The molecule has 0 aliphatic carbocycles. The van der Waals surface area contributed by atoms with Gasteiger partial charge < -0.3 is 10.0 Å². The van der Waals surface area contributed by atoms with Gasteiger partial charge in [0.1, 0.15) is 0 Å². The van der Waals surface area contributed by atoms with Crippen molar-refractivity contribution in [3.05, 3.63) is 28.7 Å². The Kier molecular flexibility index (Phi) is 4.80. The molecule has 1 unspecified atom stereocenters. The van der Waals surface area contributed by atoms with Crippen LogP contribution < -0.4 is 4.90 Å². The lowest BCUT2D eigenvalue weighted by Gasteiger charge is -2.46. The number of nitrogens with zero attached hydrogens (tertiary/aromatic N) is 2. The summed E-state index contributed by atoms with van der Waals surface area (Å²) in [6, 6.07) is 7.42. The van der Waals surface area contributed by atoms with Gasteiger partial charge in [0, 0.05) is 34.7 Å². The van der Waals surface area contributed by atoms with E-state index in [-0.39, 0.29) is 23.9 Å². The van der Waals surface area contributed by atoms with Crippen LogP contribution in [0.1, 0.15) is 27.2 Å². The number of hydrogen-bond donors (Lipinski definition) is 1. The highest BCUT2D eigenvalue weighted by molar-refractivity contribution is 9.10. The van der Waals surface area contributed by atoms with Crippen LogP contribution in [0.4, 0.5) is 10.5 Å². The summed E-state index contributed by atoms with van der Waals surface area (Å²) in [5, 5.41) is 9.09. The Balaban J connectivity index is 2.31. The fraction of sp³-hybridized carbons (Fsp3) is 0.500. The summed E-state index contributed by atoms with van der Waals surface area (Å²) in [4.78, 5) is 27.3. The zero-order valence-corrected chi connectivity index (χ0v) is 14.6. The van der Waals surface area contributed by atoms with E-state index in [2.05, 4.69) is 15.9 Å². The number of carboxylic acids is 1. The van der Waals surface area contributed by atoms with E-state index in [0.717, 1.165) is 10.2 Å². The van der Waals surface area contributed by atoms with Gasteiger partial charge in [-0.2, -0.15) is 0 Å². The summed E-state index contributed by atoms with van der Waals surface area (Å²) in [6.45, 7) is 6.80. The van der Waals surface area contributed by atoms with Gasteiger partial charge in [-0.1, -0.05) is 15.9 Å². The third-order valence-corrected chi connectivity index (χ3v) is 4.28. The third kappa shape index (κ3) is 3.80. The van der Waals surface area contributed by atoms with Crippen LogP contribution in [0, 0.1) is 5.92 Å². The number of urea groups is 1. The molecule has 2 rings (SSSR count). The number of anilines is 1. The van der Waals surface area contributed by atoms with Crippen molar-refractivity contribution >= 4 is 33.6 Å². The van der Waals surface area contributed by atoms with Gasteiger partial charge in [-0.3, -0.25) is 9.69 Å². The summed E-state index contributed by atoms with van der Waals surface area (Å²) in [5.41, 5.74) is 0.444. The first-order valence-corrected chi connectivity index (χ1v) is 8.04. The topological polar surface area (TPSA) is 60.9 Å². The molecule has 1 aliphatic rings. The zero-order chi connectivity index (χ0) is 16.5. The minimum Gasteiger partial charge on any atom is -0.481 e. The van der Waals surface area contributed by atoms with Gasteiger partial charge in [-0.15, -0.1) is 0 Å². The minimum absolute atomic E-state index is 0.0624. The van der Waals surface area contributed by atoms with E-state index in [1.165, 1.54) is 0 Å². The van der Waals surface area contributed by atoms with Gasteiger partial charge in [-0.25, -0.2) is 4.79 Å². The second-order valence-electron chi connectivity index (χ2n) is 6.61. The van der Waals surface area contributed by atoms with Crippen LogP contribution >= 0.6 is 15.9 Å². The molecule has 22 heavy (non-hydrogen) atoms. The predicted octanol–water partition coefficient (Wildman–Crippen LogP) is 3.58. The lowest BCUT2D eigenvalue weighted by Crippen LogP contribution is -2.59. The van der Waals surface area contributed by atoms with Crippen molar-refractivity contribution in [1.29, 1.82) is 0 Å². The van der Waals surface area contributed by atoms with Crippen LogP contribution in [0.25, 0.3) is 0 Å². The Labute approximate surface area is 139 Å². The number of halogens is 1. The molecule has 1 aromatic carbocycles. The Hall–Kier alpha value is -1.56. The van der Waals surface area contributed by atoms with Crippen molar-refractivity contribution < 1.29 is 14.7 Å². The molecule has 1 aromatic rings. The van der Waals surface area contributed by atoms with E-state index >= 15 is 0 Å². The van der Waals surface area contributed by atoms with Crippen molar-refractivity contribution in [1.82, 2.24) is 4.90 Å². The summed E-state index contributed by atoms with van der Waals surface area (Å²) >= 11 is 3.38. The minimum atomic E-state index is -0.830. The van der Waals surface area contributed by atoms with Crippen LogP contribution in [0.5, 0.6) is 0 Å². The van der Waals surface area contributed by atoms with E-state index in [1.54, 1.807) is 9.80 Å². The quantitative estimate of drug-likeness (QED) is 0.886. The number of benzene rings is 1. The van der Waals surface area contributed by atoms with Gasteiger partial charge in [0.05, 0.1) is 6.42 Å². The van der Waals surface area contributed by atoms with Gasteiger partial charge in [0.25, 0.3) is 0 Å². The molecular formula is C16H21BrN2O3. The number of rotatable bonds is 3. The molecule has 1 N–H and O–H groups in total. The fourth-order valence-electron chi connectivity index (χ4n) is 2.65. The van der Waals surface area contributed by atoms with E-state index in [9.17, 15) is 9.59 Å². The molecule has 1 aliphatic heterocycles. The van der Waals surface area contributed by atoms with Crippen molar-refractivity contribution in [2.75, 3.05) is 18.0 Å². The van der Waals surface area contributed by atoms with Crippen LogP contribution in [0.2, 0.25) is 0 Å². The average Bonchev–Trinajstić information content (AvgIpc) is 2.40. The Morgan fingerprint density at radius 2 is 1.86 bits per heavy atom. The maximum atomic E-state index is 12.8. The first-order chi connectivity index (χ1) is 10.2. The molecule has 5 nitrogen and oxygen atoms in total. The molecule has 6 heteroatoms. The highest BCUT2D eigenvalue weighted by Crippen LogP contribution is 2.29. The maximum absolute atomic E-state index is 12.8. The first-order valence-electron chi connectivity index (χ1n) is 7.25. The van der Waals surface area contributed by atoms with Crippen molar-refractivity contribution in [3.8, 4) is 0 Å². The van der Waals surface area contributed by atoms with E-state index in [0.29, 0.717) is 13.1 Å². The molecule has 1 heterocycles. The molecule has 0 spiro atoms. The Morgan fingerprint density at radius 1 is 1.27 bits per heavy atom. The van der Waals surface area contributed by atoms with Gasteiger partial charge >= 0.3 is 12.0 Å². The summed E-state index contributed by atoms with van der Waals surface area (Å²) < 4.78 is 0.940. The molecule has 1 saturated heterocycles. The molecule has 1 atom stereocenters. The lowest BCUT2D eigenvalue weighted by atomic mass is 9.96. The second-order valence-corrected chi connectivity index (χ2v) is 7.53. The van der Waals surface area contributed by atoms with E-state index < -0.39 is 5.97 Å². The van der Waals surface area contributed by atoms with Crippen molar-refractivity contribution in [3.63, 3.8) is 0 Å². The maximum Gasteiger partial charge on any atom is 0.324 e. The van der Waals surface area contributed by atoms with Crippen LogP contribution in [-0.4, -0.2) is 40.6 Å². The molecular weight excluding hydrogens is 348 g/mol. The highest BCUT2D eigenvalue weighted by Gasteiger charge is 2.38. The number of carboxylic acid groups (broad SMARTS) is 1. The van der Waals surface area contributed by atoms with Crippen LogP contribution in [0.15, 0.2) is 28.7 Å². The van der Waals surface area contributed by atoms with E-state index in [4.69, 9.17) is 5.11 Å². The van der Waals surface area contributed by atoms with Crippen molar-refractivity contribution in [2.45, 2.75) is 32.7 Å². The van der Waals surface area contributed by atoms with Gasteiger partial charge in [0.15, 0.2) is 0 Å². The van der Waals surface area contributed by atoms with Crippen LogP contribution in [-0.2, 0) is 4.79 Å². The molecule has 120 valence electrons. The number of hydrogen-bond acceptors (Lipinski definition) is 2. The summed E-state index contributed by atoms with van der Waals surface area (Å²) in [6.07, 6.45) is 0.0624. The monoisotopic (exact) mass is 368 g/mol. The molecule has 0 bridgehead atoms. The van der Waals surface area contributed by atoms with Gasteiger partial charge in [0.2, 0.25) is 0 Å². The number of amides is 2. The number of carbonyl (C=O) groups excluding carboxylic acids is 1. The molecule has 0 aromatic heterocycles. The SMILES string of the molecule is CC(C)(C)N1CC(CC(=O)O)CN(c2ccc(Br)cc2)C1=O. The molecule has 0 saturated carbocycles. The van der Waals surface area contributed by atoms with Crippen LogP contribution in [0.3, 0.4) is 0 Å². The second kappa shape index (κ2) is 6.28. The van der Waals surface area contributed by atoms with E-state index in [1.807, 2.05) is 45.0 Å². The fourth-order valence-corrected chi connectivity index (χ4v) is 2.91. The zero-order valence-electron chi connectivity index (χ0n) is 13.0. The number of aliphatic carboxylic acids is 1. The summed E-state index contributed by atoms with van der Waals surface area (Å²) in [5.74, 6) is -0.915. The summed E-state index contributed by atoms with van der Waals surface area (Å²) in [7, 11) is 0. The normalized spacial score (nSPS) is 19.5. The first kappa shape index (κ1) is 16.8. The number of carbonyl (C=O) groups is 2. The van der Waals surface area contributed by atoms with Gasteiger partial charge in [-0.05, 0) is 45.0 Å². The highest BCUT2D eigenvalue weighted by atomic mass is 79.9. The predicted molar refractivity (Wildman–Crippen MR) is 89.1 cm³/mol. The largest absolute Gasteiger partial charge is 0.481 e. The van der Waals surface area contributed by atoms with Crippen molar-refractivity contribution in [2.24, 2.45) is 5.92 Å². The third-order valence-electron chi connectivity index (χ3n) is 3.75. The lowest BCUT2D eigenvalue weighted by molar-refractivity contribution is -0.138. The molecule has 1 fully saturated rings. The Morgan fingerprint density at radius 3 is 2.36 bits per heavy atom. The average molecular weight is 369 g/mol. The standard InChI is InChI=1S/C16H21BrN2O3/c1-16(2,3)19-10-11(8-14(20)21)9-18(15(19)22)13-6-4-12(17)5-7-13/h4-7,11H,8-10H2,1-3H3,(H,20,21). The molecule has 0 radical (unpaired) electrons. The smallest absolute Gasteiger partial charge is 0.324 e.